The predicted molar refractivity (Wildman–Crippen MR) is 103 cm³/mol. The van der Waals surface area contributed by atoms with Crippen molar-refractivity contribution in [3.05, 3.63) is 0 Å². The molecule has 1 rings (SSSR count). The van der Waals surface area contributed by atoms with E-state index in [4.69, 9.17) is 19.3 Å². The number of aliphatic carboxylic acids is 1. The van der Waals surface area contributed by atoms with E-state index in [0.29, 0.717) is 45.4 Å². The Balaban J connectivity index is 2.44. The van der Waals surface area contributed by atoms with E-state index in [1.165, 1.54) is 0 Å². The van der Waals surface area contributed by atoms with Gasteiger partial charge < -0.3 is 17.8 Å². The number of carbonyl (C=O) groups is 3. The highest BCUT2D eigenvalue weighted by Crippen LogP contribution is 2.33. The molecule has 146 valence electrons. The highest BCUT2D eigenvalue weighted by molar-refractivity contribution is 14.1. The minimum atomic E-state index is -1.03. The summed E-state index contributed by atoms with van der Waals surface area (Å²) in [6, 6.07) is 0. The second-order valence-corrected chi connectivity index (χ2v) is 7.22. The number of terminal acetylenes is 1. The molecule has 26 heavy (non-hydrogen) atoms. The van der Waals surface area contributed by atoms with Crippen LogP contribution in [0.25, 0.3) is 0 Å². The van der Waals surface area contributed by atoms with E-state index in [-0.39, 0.29) is 30.8 Å². The van der Waals surface area contributed by atoms with Crippen molar-refractivity contribution in [3.63, 3.8) is 0 Å². The normalized spacial score (nSPS) is 15.9. The molecule has 0 aliphatic carbocycles. The Morgan fingerprint density at radius 3 is 2.38 bits per heavy atom. The first-order valence-electron chi connectivity index (χ1n) is 8.74. The Morgan fingerprint density at radius 2 is 1.81 bits per heavy atom. The van der Waals surface area contributed by atoms with Crippen LogP contribution in [0.4, 0.5) is 0 Å². The first-order chi connectivity index (χ1) is 12.4. The molecule has 7 nitrogen and oxygen atoms in total. The maximum absolute atomic E-state index is 12.2. The van der Waals surface area contributed by atoms with Crippen LogP contribution < -0.4 is 0 Å². The Kier molecular flexibility index (Phi) is 10.6. The molecule has 0 aromatic rings. The third kappa shape index (κ3) is 8.36. The van der Waals surface area contributed by atoms with Crippen molar-refractivity contribution in [1.82, 2.24) is 4.90 Å². The molecule has 1 N–H and O–H groups in total. The van der Waals surface area contributed by atoms with Crippen molar-refractivity contribution in [3.8, 4) is 12.3 Å². The van der Waals surface area contributed by atoms with Gasteiger partial charge in [-0.15, -0.1) is 12.3 Å². The Morgan fingerprint density at radius 1 is 1.12 bits per heavy atom. The van der Waals surface area contributed by atoms with Gasteiger partial charge >= 0.3 is 11.9 Å². The van der Waals surface area contributed by atoms with Crippen LogP contribution in [0.15, 0.2) is 0 Å². The number of esters is 1. The second-order valence-electron chi connectivity index (χ2n) is 6.60. The summed E-state index contributed by atoms with van der Waals surface area (Å²) in [5, 5.41) is 8.61. The number of amides is 1. The number of hydrogen-bond donors (Lipinski definition) is 1. The van der Waals surface area contributed by atoms with Crippen LogP contribution in [0, 0.1) is 17.8 Å². The van der Waals surface area contributed by atoms with Crippen molar-refractivity contribution < 1.29 is 27.3 Å². The summed E-state index contributed by atoms with van der Waals surface area (Å²) >= 11 is 1.81. The van der Waals surface area contributed by atoms with Gasteiger partial charge in [0, 0.05) is 31.3 Å². The van der Waals surface area contributed by atoms with Gasteiger partial charge in [0.15, 0.2) is 0 Å². The zero-order valence-electron chi connectivity index (χ0n) is 14.9. The summed E-state index contributed by atoms with van der Waals surface area (Å²) in [5.74, 6) is 1.15. The van der Waals surface area contributed by atoms with Gasteiger partial charge in [0.2, 0.25) is 5.91 Å². The van der Waals surface area contributed by atoms with E-state index in [1.54, 1.807) is 0 Å². The van der Waals surface area contributed by atoms with Crippen molar-refractivity contribution in [2.75, 3.05) is 26.3 Å². The molecular weight excluding hydrogens is 453 g/mol. The molecule has 0 spiro atoms. The Hall–Kier alpha value is -1.34. The van der Waals surface area contributed by atoms with Gasteiger partial charge in [0.05, 0.1) is 26.1 Å². The van der Waals surface area contributed by atoms with Crippen LogP contribution in [-0.4, -0.2) is 54.2 Å². The number of unbranched alkanes of at least 4 members (excludes halogenated alkanes) is 2. The average molecular weight is 479 g/mol. The summed E-state index contributed by atoms with van der Waals surface area (Å²) in [5.41, 5.74) is -0.333. The van der Waals surface area contributed by atoms with E-state index >= 15 is 0 Å². The first kappa shape index (κ1) is 22.7. The number of piperidine rings is 1. The number of carboxylic acids is 1. The van der Waals surface area contributed by atoms with Crippen LogP contribution >= 0.6 is 23.0 Å². The highest BCUT2D eigenvalue weighted by atomic mass is 127. The van der Waals surface area contributed by atoms with Crippen molar-refractivity contribution in [2.45, 2.75) is 51.4 Å². The van der Waals surface area contributed by atoms with E-state index in [9.17, 15) is 14.4 Å². The number of likely N-dealkylation sites (tertiary alicyclic amines) is 1. The van der Waals surface area contributed by atoms with Crippen LogP contribution in [-0.2, 0) is 22.2 Å². The Bertz CT molecular complexity index is 522. The minimum absolute atomic E-state index is 0.129. The molecule has 1 fully saturated rings. The van der Waals surface area contributed by atoms with Gasteiger partial charge in [-0.25, -0.2) is 0 Å². The lowest BCUT2D eigenvalue weighted by Gasteiger charge is -2.40. The Labute approximate surface area is 168 Å². The lowest BCUT2D eigenvalue weighted by Crippen LogP contribution is -2.47. The number of hydrogen-bond acceptors (Lipinski definition) is 5. The van der Waals surface area contributed by atoms with Crippen molar-refractivity contribution >= 4 is 40.9 Å². The first-order valence-corrected chi connectivity index (χ1v) is 9.63. The van der Waals surface area contributed by atoms with Gasteiger partial charge in [-0.1, -0.05) is 0 Å². The fourth-order valence-corrected chi connectivity index (χ4v) is 3.51. The van der Waals surface area contributed by atoms with Crippen LogP contribution in [0.5, 0.6) is 0 Å². The molecule has 1 saturated heterocycles. The predicted octanol–water partition coefficient (Wildman–Crippen LogP) is 2.56. The fraction of sp³-hybridized carbons (Fsp3) is 0.722. The molecule has 0 radical (unpaired) electrons. The molecule has 0 atom stereocenters. The summed E-state index contributed by atoms with van der Waals surface area (Å²) in [6.45, 7) is 1.80. The van der Waals surface area contributed by atoms with Crippen LogP contribution in [0.1, 0.15) is 51.4 Å². The standard InChI is InChI=1S/C18H26INO6/c1-2-3-4-5-6-15(21)20-11-9-18(10-12-20,14-26-19)13-25-17(24)8-7-16(22)23/h1H,3-14H2,(H,22,23). The van der Waals surface area contributed by atoms with E-state index in [2.05, 4.69) is 5.92 Å². The number of nitrogens with zero attached hydrogens (tertiary/aromatic N) is 1. The number of ether oxygens (including phenoxy) is 1. The maximum Gasteiger partial charge on any atom is 0.306 e. The maximum atomic E-state index is 12.2. The quantitative estimate of drug-likeness (QED) is 0.212. The number of halogens is 1. The molecule has 0 unspecified atom stereocenters. The average Bonchev–Trinajstić information content (AvgIpc) is 2.62. The van der Waals surface area contributed by atoms with E-state index in [1.807, 2.05) is 27.9 Å². The number of rotatable bonds is 11. The summed E-state index contributed by atoms with van der Waals surface area (Å²) in [6.07, 6.45) is 9.03. The molecule has 0 aromatic carbocycles. The van der Waals surface area contributed by atoms with Gasteiger partial charge in [-0.2, -0.15) is 0 Å². The van der Waals surface area contributed by atoms with E-state index < -0.39 is 11.9 Å². The lowest BCUT2D eigenvalue weighted by atomic mass is 9.80. The summed E-state index contributed by atoms with van der Waals surface area (Å²) in [7, 11) is 0. The number of carbonyl (C=O) groups excluding carboxylic acids is 2. The summed E-state index contributed by atoms with van der Waals surface area (Å²) < 4.78 is 10.5. The van der Waals surface area contributed by atoms with Gasteiger partial charge in [-0.05, 0) is 25.7 Å². The molecule has 1 amide bonds. The van der Waals surface area contributed by atoms with Gasteiger partial charge in [0.25, 0.3) is 0 Å². The van der Waals surface area contributed by atoms with Crippen LogP contribution in [0.3, 0.4) is 0 Å². The molecule has 0 aromatic heterocycles. The molecular formula is C18H26INO6. The third-order valence-corrected chi connectivity index (χ3v) is 4.89. The highest BCUT2D eigenvalue weighted by Gasteiger charge is 2.37. The van der Waals surface area contributed by atoms with Gasteiger partial charge in [-0.3, -0.25) is 14.4 Å². The van der Waals surface area contributed by atoms with Crippen molar-refractivity contribution in [1.29, 1.82) is 0 Å². The molecule has 1 aliphatic rings. The largest absolute Gasteiger partial charge is 0.481 e. The number of carboxylic acid groups (broad SMARTS) is 1. The molecule has 1 aliphatic heterocycles. The monoisotopic (exact) mass is 479 g/mol. The van der Waals surface area contributed by atoms with Crippen LogP contribution in [0.2, 0.25) is 0 Å². The molecule has 1 heterocycles. The molecule has 0 bridgehead atoms. The van der Waals surface area contributed by atoms with Gasteiger partial charge in [0.1, 0.15) is 23.0 Å². The second kappa shape index (κ2) is 12.1. The minimum Gasteiger partial charge on any atom is -0.481 e. The zero-order valence-corrected chi connectivity index (χ0v) is 17.0. The smallest absolute Gasteiger partial charge is 0.306 e. The topological polar surface area (TPSA) is 93.1 Å². The summed E-state index contributed by atoms with van der Waals surface area (Å²) in [4.78, 5) is 36.3. The third-order valence-electron chi connectivity index (χ3n) is 4.58. The molecule has 8 heteroatoms. The lowest BCUT2D eigenvalue weighted by molar-refractivity contribution is -0.153. The SMILES string of the molecule is C#CCCCCC(=O)N1CCC(COI)(COC(=O)CCC(=O)O)CC1. The molecule has 0 saturated carbocycles. The van der Waals surface area contributed by atoms with Crippen molar-refractivity contribution in [2.24, 2.45) is 5.41 Å². The fourth-order valence-electron chi connectivity index (χ4n) is 2.85. The van der Waals surface area contributed by atoms with E-state index in [0.717, 1.165) is 12.8 Å². The zero-order chi connectivity index (χ0) is 19.4.